The van der Waals surface area contributed by atoms with Gasteiger partial charge in [-0.3, -0.25) is 0 Å². The van der Waals surface area contributed by atoms with Crippen LogP contribution >= 0.6 is 0 Å². The summed E-state index contributed by atoms with van der Waals surface area (Å²) in [4.78, 5) is 0. The molecule has 2 rings (SSSR count). The van der Waals surface area contributed by atoms with E-state index < -0.39 is 0 Å². The van der Waals surface area contributed by atoms with Gasteiger partial charge in [-0.1, -0.05) is 39.0 Å². The molecule has 0 saturated carbocycles. The molecule has 20 heavy (non-hydrogen) atoms. The molecule has 0 amide bonds. The molecule has 0 aliphatic heterocycles. The molecule has 0 bridgehead atoms. The van der Waals surface area contributed by atoms with Gasteiger partial charge in [-0.2, -0.15) is 0 Å². The Morgan fingerprint density at radius 1 is 1.10 bits per heavy atom. The molecule has 2 nitrogen and oxygen atoms in total. The molecule has 0 radical (unpaired) electrons. The molecule has 1 N–H and O–H groups in total. The smallest absolute Gasteiger partial charge is 0.125 e. The van der Waals surface area contributed by atoms with Crippen LogP contribution in [0.3, 0.4) is 0 Å². The van der Waals surface area contributed by atoms with Crippen LogP contribution < -0.4 is 5.32 Å². The Kier molecular flexibility index (Phi) is 5.42. The summed E-state index contributed by atoms with van der Waals surface area (Å²) >= 11 is 0. The fourth-order valence-corrected chi connectivity index (χ4v) is 2.56. The van der Waals surface area contributed by atoms with Crippen molar-refractivity contribution in [2.24, 2.45) is 0 Å². The van der Waals surface area contributed by atoms with Crippen molar-refractivity contribution in [1.82, 2.24) is 5.32 Å². The maximum absolute atomic E-state index is 5.66. The van der Waals surface area contributed by atoms with Gasteiger partial charge < -0.3 is 9.73 Å². The quantitative estimate of drug-likeness (QED) is 0.802. The Bertz CT molecular complexity index is 516. The zero-order valence-electron chi connectivity index (χ0n) is 12.8. The number of furan rings is 1. The van der Waals surface area contributed by atoms with E-state index in [-0.39, 0.29) is 6.04 Å². The highest BCUT2D eigenvalue weighted by molar-refractivity contribution is 5.38. The van der Waals surface area contributed by atoms with Crippen LogP contribution in [0.15, 0.2) is 41.0 Å². The van der Waals surface area contributed by atoms with E-state index in [1.54, 1.807) is 6.26 Å². The van der Waals surface area contributed by atoms with Crippen molar-refractivity contribution < 1.29 is 4.42 Å². The van der Waals surface area contributed by atoms with E-state index in [4.69, 9.17) is 4.42 Å². The van der Waals surface area contributed by atoms with Crippen LogP contribution in [0.1, 0.15) is 55.7 Å². The van der Waals surface area contributed by atoms with Crippen molar-refractivity contribution in [3.8, 4) is 0 Å². The molecular formula is C18H25NO. The van der Waals surface area contributed by atoms with Gasteiger partial charge in [0, 0.05) is 0 Å². The number of hydrogen-bond acceptors (Lipinski definition) is 2. The van der Waals surface area contributed by atoms with Gasteiger partial charge in [-0.15, -0.1) is 0 Å². The summed E-state index contributed by atoms with van der Waals surface area (Å²) < 4.78 is 5.66. The van der Waals surface area contributed by atoms with Crippen molar-refractivity contribution in [2.75, 3.05) is 6.54 Å². The minimum absolute atomic E-state index is 0.159. The van der Waals surface area contributed by atoms with Crippen LogP contribution in [0.25, 0.3) is 0 Å². The van der Waals surface area contributed by atoms with Gasteiger partial charge in [0.05, 0.1) is 12.3 Å². The Morgan fingerprint density at radius 3 is 2.55 bits per heavy atom. The number of hydrogen-bond donors (Lipinski definition) is 1. The Balaban J connectivity index is 2.41. The Hall–Kier alpha value is -1.54. The van der Waals surface area contributed by atoms with E-state index >= 15 is 0 Å². The average Bonchev–Trinajstić information content (AvgIpc) is 3.01. The standard InChI is InChI=1S/C18H25NO/c1-4-11-19-18(17-8-7-12-20-17)16-13-14(5-2)9-10-15(16)6-3/h7-10,12-13,18-19H,4-6,11H2,1-3H3. The molecule has 1 atom stereocenters. The van der Waals surface area contributed by atoms with Gasteiger partial charge in [0.2, 0.25) is 0 Å². The molecule has 2 heteroatoms. The van der Waals surface area contributed by atoms with Crippen LogP contribution in [0.2, 0.25) is 0 Å². The third-order valence-electron chi connectivity index (χ3n) is 3.74. The zero-order chi connectivity index (χ0) is 14.4. The minimum Gasteiger partial charge on any atom is -0.467 e. The predicted molar refractivity (Wildman–Crippen MR) is 84.0 cm³/mol. The van der Waals surface area contributed by atoms with Gasteiger partial charge in [-0.05, 0) is 54.6 Å². The number of nitrogens with one attached hydrogen (secondary N) is 1. The second-order valence-corrected chi connectivity index (χ2v) is 5.14. The Labute approximate surface area is 122 Å². The molecule has 0 aliphatic rings. The maximum atomic E-state index is 5.66. The minimum atomic E-state index is 0.159. The molecular weight excluding hydrogens is 246 g/mol. The summed E-state index contributed by atoms with van der Waals surface area (Å²) in [6.07, 6.45) is 4.98. The first-order valence-corrected chi connectivity index (χ1v) is 7.68. The average molecular weight is 271 g/mol. The van der Waals surface area contributed by atoms with Crippen molar-refractivity contribution in [3.05, 3.63) is 59.0 Å². The van der Waals surface area contributed by atoms with Crippen LogP contribution in [-0.2, 0) is 12.8 Å². The van der Waals surface area contributed by atoms with Gasteiger partial charge >= 0.3 is 0 Å². The fraction of sp³-hybridized carbons (Fsp3) is 0.444. The lowest BCUT2D eigenvalue weighted by molar-refractivity contribution is 0.445. The number of aryl methyl sites for hydroxylation is 2. The maximum Gasteiger partial charge on any atom is 0.125 e. The molecule has 0 aliphatic carbocycles. The lowest BCUT2D eigenvalue weighted by atomic mass is 9.94. The lowest BCUT2D eigenvalue weighted by Crippen LogP contribution is -2.24. The van der Waals surface area contributed by atoms with Crippen LogP contribution in [-0.4, -0.2) is 6.54 Å². The van der Waals surface area contributed by atoms with Crippen molar-refractivity contribution >= 4 is 0 Å². The van der Waals surface area contributed by atoms with Gasteiger partial charge in [0.15, 0.2) is 0 Å². The molecule has 1 aromatic heterocycles. The summed E-state index contributed by atoms with van der Waals surface area (Å²) in [6.45, 7) is 7.59. The first-order chi connectivity index (χ1) is 9.80. The molecule has 0 saturated heterocycles. The van der Waals surface area contributed by atoms with Crippen molar-refractivity contribution in [1.29, 1.82) is 0 Å². The highest BCUT2D eigenvalue weighted by Gasteiger charge is 2.19. The van der Waals surface area contributed by atoms with E-state index in [0.29, 0.717) is 0 Å². The van der Waals surface area contributed by atoms with Crippen LogP contribution in [0.5, 0.6) is 0 Å². The molecule has 1 aromatic carbocycles. The summed E-state index contributed by atoms with van der Waals surface area (Å²) in [5.74, 6) is 1.00. The molecule has 2 aromatic rings. The summed E-state index contributed by atoms with van der Waals surface area (Å²) in [6, 6.07) is 11.0. The topological polar surface area (TPSA) is 25.2 Å². The van der Waals surface area contributed by atoms with Crippen molar-refractivity contribution in [3.63, 3.8) is 0 Å². The predicted octanol–water partition coefficient (Wildman–Crippen LogP) is 4.49. The fourth-order valence-electron chi connectivity index (χ4n) is 2.56. The van der Waals surface area contributed by atoms with E-state index in [1.807, 2.05) is 6.07 Å². The third-order valence-corrected chi connectivity index (χ3v) is 3.74. The normalized spacial score (nSPS) is 12.6. The first kappa shape index (κ1) is 14.9. The zero-order valence-corrected chi connectivity index (χ0v) is 12.8. The summed E-state index contributed by atoms with van der Waals surface area (Å²) in [7, 11) is 0. The molecule has 1 unspecified atom stereocenters. The second kappa shape index (κ2) is 7.30. The lowest BCUT2D eigenvalue weighted by Gasteiger charge is -2.20. The van der Waals surface area contributed by atoms with E-state index in [0.717, 1.165) is 31.6 Å². The molecule has 0 fully saturated rings. The van der Waals surface area contributed by atoms with E-state index in [1.165, 1.54) is 16.7 Å². The third kappa shape index (κ3) is 3.31. The summed E-state index contributed by atoms with van der Waals surface area (Å²) in [5, 5.41) is 3.62. The van der Waals surface area contributed by atoms with Gasteiger partial charge in [0.25, 0.3) is 0 Å². The largest absolute Gasteiger partial charge is 0.467 e. The molecule has 0 spiro atoms. The van der Waals surface area contributed by atoms with E-state index in [2.05, 4.69) is 50.4 Å². The molecule has 1 heterocycles. The van der Waals surface area contributed by atoms with Crippen molar-refractivity contribution in [2.45, 2.75) is 46.1 Å². The summed E-state index contributed by atoms with van der Waals surface area (Å²) in [5.41, 5.74) is 4.13. The van der Waals surface area contributed by atoms with E-state index in [9.17, 15) is 0 Å². The van der Waals surface area contributed by atoms with Crippen LogP contribution in [0.4, 0.5) is 0 Å². The first-order valence-electron chi connectivity index (χ1n) is 7.68. The highest BCUT2D eigenvalue weighted by Crippen LogP contribution is 2.27. The molecule has 108 valence electrons. The van der Waals surface area contributed by atoms with Gasteiger partial charge in [0.1, 0.15) is 5.76 Å². The second-order valence-electron chi connectivity index (χ2n) is 5.14. The highest BCUT2D eigenvalue weighted by atomic mass is 16.3. The number of benzene rings is 1. The van der Waals surface area contributed by atoms with Gasteiger partial charge in [-0.25, -0.2) is 0 Å². The van der Waals surface area contributed by atoms with Crippen LogP contribution in [0, 0.1) is 0 Å². The monoisotopic (exact) mass is 271 g/mol. The Morgan fingerprint density at radius 2 is 1.95 bits per heavy atom. The number of rotatable bonds is 7. The SMILES string of the molecule is CCCNC(c1ccco1)c1cc(CC)ccc1CC.